The summed E-state index contributed by atoms with van der Waals surface area (Å²) in [6.45, 7) is 1.25. The van der Waals surface area contributed by atoms with Crippen LogP contribution in [-0.2, 0) is 12.8 Å². The Morgan fingerprint density at radius 3 is 2.84 bits per heavy atom. The highest BCUT2D eigenvalue weighted by Crippen LogP contribution is 2.26. The first kappa shape index (κ1) is 16.7. The first-order valence-electron chi connectivity index (χ1n) is 9.26. The molecule has 1 fully saturated rings. The van der Waals surface area contributed by atoms with Crippen LogP contribution in [0.25, 0.3) is 10.9 Å². The van der Waals surface area contributed by atoms with Crippen molar-refractivity contribution in [2.24, 2.45) is 0 Å². The number of hydrogen-bond acceptors (Lipinski definition) is 2. The van der Waals surface area contributed by atoms with Crippen molar-refractivity contribution in [3.8, 4) is 0 Å². The van der Waals surface area contributed by atoms with Gasteiger partial charge in [0.1, 0.15) is 0 Å². The summed E-state index contributed by atoms with van der Waals surface area (Å²) in [5.41, 5.74) is 4.19. The van der Waals surface area contributed by atoms with E-state index < -0.39 is 0 Å². The van der Waals surface area contributed by atoms with E-state index in [4.69, 9.17) is 0 Å². The van der Waals surface area contributed by atoms with E-state index >= 15 is 0 Å². The van der Waals surface area contributed by atoms with E-state index in [1.807, 2.05) is 11.8 Å². The average Bonchev–Trinajstić information content (AvgIpc) is 3.23. The van der Waals surface area contributed by atoms with E-state index in [9.17, 15) is 0 Å². The summed E-state index contributed by atoms with van der Waals surface area (Å²) in [6.07, 6.45) is 7.17. The molecule has 2 aromatic carbocycles. The van der Waals surface area contributed by atoms with Gasteiger partial charge in [0.05, 0.1) is 0 Å². The molecular weight excluding hydrogens is 324 g/mol. The Hall–Kier alpha value is -1.71. The van der Waals surface area contributed by atoms with E-state index in [1.165, 1.54) is 52.7 Å². The number of hydrogen-bond donors (Lipinski definition) is 1. The normalized spacial score (nSPS) is 18.2. The second kappa shape index (κ2) is 7.67. The Labute approximate surface area is 154 Å². The molecule has 1 unspecified atom stereocenters. The van der Waals surface area contributed by atoms with Crippen LogP contribution in [0, 0.1) is 0 Å². The molecule has 1 aliphatic heterocycles. The van der Waals surface area contributed by atoms with Crippen LogP contribution in [0.2, 0.25) is 0 Å². The van der Waals surface area contributed by atoms with Crippen LogP contribution < -0.4 is 0 Å². The standard InChI is InChI=1S/C22H26N2S/c1-24-12-5-6-19(24)15-18-16-23-22-10-9-17(14-21(18)22)11-13-25-20-7-3-2-4-8-20/h2-4,7-10,14,16,19,23H,5-6,11-13,15H2,1H3. The molecule has 0 saturated carbocycles. The number of aromatic nitrogens is 1. The average molecular weight is 351 g/mol. The van der Waals surface area contributed by atoms with Crippen LogP contribution >= 0.6 is 11.8 Å². The van der Waals surface area contributed by atoms with E-state index in [2.05, 4.69) is 71.7 Å². The van der Waals surface area contributed by atoms with Crippen LogP contribution in [0.1, 0.15) is 24.0 Å². The van der Waals surface area contributed by atoms with Crippen molar-refractivity contribution in [3.05, 3.63) is 65.9 Å². The number of rotatable bonds is 6. The van der Waals surface area contributed by atoms with Gasteiger partial charge >= 0.3 is 0 Å². The summed E-state index contributed by atoms with van der Waals surface area (Å²) in [6, 6.07) is 18.3. The zero-order valence-electron chi connectivity index (χ0n) is 14.9. The third kappa shape index (κ3) is 3.94. The van der Waals surface area contributed by atoms with Gasteiger partial charge in [0.25, 0.3) is 0 Å². The quantitative estimate of drug-likeness (QED) is 0.621. The molecule has 0 bridgehead atoms. The zero-order chi connectivity index (χ0) is 17.1. The van der Waals surface area contributed by atoms with E-state index in [0.717, 1.165) is 12.2 Å². The van der Waals surface area contributed by atoms with Crippen molar-refractivity contribution in [1.82, 2.24) is 9.88 Å². The van der Waals surface area contributed by atoms with Crippen molar-refractivity contribution in [3.63, 3.8) is 0 Å². The Morgan fingerprint density at radius 1 is 1.16 bits per heavy atom. The van der Waals surface area contributed by atoms with Crippen molar-refractivity contribution in [2.45, 2.75) is 36.6 Å². The summed E-state index contributed by atoms with van der Waals surface area (Å²) >= 11 is 1.94. The highest BCUT2D eigenvalue weighted by Gasteiger charge is 2.22. The fourth-order valence-electron chi connectivity index (χ4n) is 3.84. The molecule has 1 N–H and O–H groups in total. The highest BCUT2D eigenvalue weighted by atomic mass is 32.2. The molecule has 130 valence electrons. The maximum absolute atomic E-state index is 3.46. The number of aryl methyl sites for hydroxylation is 1. The number of benzene rings is 2. The molecule has 0 radical (unpaired) electrons. The number of aromatic amines is 1. The maximum atomic E-state index is 3.46. The Bertz CT molecular complexity index is 824. The molecule has 1 saturated heterocycles. The molecule has 1 aromatic heterocycles. The van der Waals surface area contributed by atoms with Crippen LogP contribution in [0.5, 0.6) is 0 Å². The molecule has 0 spiro atoms. The summed E-state index contributed by atoms with van der Waals surface area (Å²) in [5, 5.41) is 1.42. The van der Waals surface area contributed by atoms with E-state index in [0.29, 0.717) is 6.04 Å². The predicted octanol–water partition coefficient (Wildman–Crippen LogP) is 5.14. The number of fused-ring (bicyclic) bond motifs is 1. The van der Waals surface area contributed by atoms with Crippen molar-refractivity contribution < 1.29 is 0 Å². The van der Waals surface area contributed by atoms with Crippen LogP contribution in [0.4, 0.5) is 0 Å². The van der Waals surface area contributed by atoms with Gasteiger partial charge in [-0.05, 0) is 74.7 Å². The molecule has 3 aromatic rings. The minimum atomic E-state index is 0.705. The van der Waals surface area contributed by atoms with Crippen molar-refractivity contribution in [2.75, 3.05) is 19.3 Å². The van der Waals surface area contributed by atoms with Crippen molar-refractivity contribution in [1.29, 1.82) is 0 Å². The highest BCUT2D eigenvalue weighted by molar-refractivity contribution is 7.99. The number of likely N-dealkylation sites (tertiary alicyclic amines) is 1. The summed E-state index contributed by atoms with van der Waals surface area (Å²) in [7, 11) is 2.26. The smallest absolute Gasteiger partial charge is 0.0456 e. The second-order valence-electron chi connectivity index (χ2n) is 7.09. The fourth-order valence-corrected chi connectivity index (χ4v) is 4.77. The number of thioether (sulfide) groups is 1. The first-order chi connectivity index (χ1) is 12.3. The molecule has 3 heteroatoms. The van der Waals surface area contributed by atoms with Crippen LogP contribution in [0.3, 0.4) is 0 Å². The summed E-state index contributed by atoms with van der Waals surface area (Å²) in [4.78, 5) is 7.33. The molecule has 2 nitrogen and oxygen atoms in total. The minimum absolute atomic E-state index is 0.705. The maximum Gasteiger partial charge on any atom is 0.0456 e. The Morgan fingerprint density at radius 2 is 2.04 bits per heavy atom. The Kier molecular flexibility index (Phi) is 5.14. The lowest BCUT2D eigenvalue weighted by Crippen LogP contribution is -2.26. The monoisotopic (exact) mass is 350 g/mol. The topological polar surface area (TPSA) is 19.0 Å². The Balaban J connectivity index is 1.44. The molecule has 4 rings (SSSR count). The number of nitrogens with zero attached hydrogens (tertiary/aromatic N) is 1. The van der Waals surface area contributed by atoms with E-state index in [-0.39, 0.29) is 0 Å². The largest absolute Gasteiger partial charge is 0.361 e. The summed E-state index contributed by atoms with van der Waals surface area (Å²) < 4.78 is 0. The van der Waals surface area contributed by atoms with Crippen molar-refractivity contribution >= 4 is 22.7 Å². The number of nitrogens with one attached hydrogen (secondary N) is 1. The van der Waals surface area contributed by atoms with Crippen LogP contribution in [0.15, 0.2) is 59.6 Å². The molecular formula is C22H26N2S. The predicted molar refractivity (Wildman–Crippen MR) is 109 cm³/mol. The minimum Gasteiger partial charge on any atom is -0.361 e. The summed E-state index contributed by atoms with van der Waals surface area (Å²) in [5.74, 6) is 1.13. The third-order valence-electron chi connectivity index (χ3n) is 5.36. The lowest BCUT2D eigenvalue weighted by molar-refractivity contribution is 0.310. The molecule has 25 heavy (non-hydrogen) atoms. The van der Waals surface area contributed by atoms with Gasteiger partial charge in [-0.1, -0.05) is 24.3 Å². The molecule has 0 aliphatic carbocycles. The second-order valence-corrected chi connectivity index (χ2v) is 8.25. The molecule has 1 atom stereocenters. The van der Waals surface area contributed by atoms with Crippen LogP contribution in [-0.4, -0.2) is 35.3 Å². The molecule has 1 aliphatic rings. The SMILES string of the molecule is CN1CCCC1Cc1c[nH]c2ccc(CCSc3ccccc3)cc12. The van der Waals surface area contributed by atoms with Gasteiger partial charge in [0.15, 0.2) is 0 Å². The van der Waals surface area contributed by atoms with Gasteiger partial charge in [0, 0.05) is 33.8 Å². The fraction of sp³-hybridized carbons (Fsp3) is 0.364. The van der Waals surface area contributed by atoms with Gasteiger partial charge in [-0.15, -0.1) is 11.8 Å². The van der Waals surface area contributed by atoms with Gasteiger partial charge < -0.3 is 9.88 Å². The number of H-pyrrole nitrogens is 1. The van der Waals surface area contributed by atoms with E-state index in [1.54, 1.807) is 0 Å². The molecule has 2 heterocycles. The molecule has 0 amide bonds. The van der Waals surface area contributed by atoms with Gasteiger partial charge in [-0.2, -0.15) is 0 Å². The lowest BCUT2D eigenvalue weighted by atomic mass is 10.0. The van der Waals surface area contributed by atoms with Gasteiger partial charge in [-0.25, -0.2) is 0 Å². The van der Waals surface area contributed by atoms with Gasteiger partial charge in [-0.3, -0.25) is 0 Å². The zero-order valence-corrected chi connectivity index (χ0v) is 15.7. The first-order valence-corrected chi connectivity index (χ1v) is 10.2. The number of likely N-dealkylation sites (N-methyl/N-ethyl adjacent to an activating group) is 1. The third-order valence-corrected chi connectivity index (χ3v) is 6.38. The van der Waals surface area contributed by atoms with Gasteiger partial charge in [0.2, 0.25) is 0 Å². The lowest BCUT2D eigenvalue weighted by Gasteiger charge is -2.18.